The first-order valence-corrected chi connectivity index (χ1v) is 6.46. The topological polar surface area (TPSA) is 38.3 Å². The fourth-order valence-electron chi connectivity index (χ4n) is 2.45. The highest BCUT2D eigenvalue weighted by Crippen LogP contribution is 2.26. The van der Waals surface area contributed by atoms with Crippen LogP contribution in [-0.4, -0.2) is 25.7 Å². The van der Waals surface area contributed by atoms with Crippen molar-refractivity contribution in [1.82, 2.24) is 5.32 Å². The molecule has 0 bridgehead atoms. The van der Waals surface area contributed by atoms with Crippen molar-refractivity contribution in [2.45, 2.75) is 52.0 Å². The van der Waals surface area contributed by atoms with Gasteiger partial charge in [-0.3, -0.25) is 4.79 Å². The molecule has 2 unspecified atom stereocenters. The molecule has 1 saturated carbocycles. The lowest BCUT2D eigenvalue weighted by Crippen LogP contribution is -2.38. The number of hydrogen-bond acceptors (Lipinski definition) is 3. The second kappa shape index (κ2) is 6.89. The van der Waals surface area contributed by atoms with Crippen LogP contribution >= 0.6 is 0 Å². The van der Waals surface area contributed by atoms with Gasteiger partial charge in [0.1, 0.15) is 0 Å². The third-order valence-corrected chi connectivity index (χ3v) is 3.71. The first-order chi connectivity index (χ1) is 7.65. The number of esters is 1. The average Bonchev–Trinajstić information content (AvgIpc) is 2.35. The minimum atomic E-state index is -0.122. The van der Waals surface area contributed by atoms with Gasteiger partial charge in [-0.15, -0.1) is 0 Å². The van der Waals surface area contributed by atoms with Gasteiger partial charge in [-0.1, -0.05) is 26.2 Å². The van der Waals surface area contributed by atoms with Gasteiger partial charge in [-0.2, -0.15) is 0 Å². The van der Waals surface area contributed by atoms with Crippen LogP contribution in [-0.2, 0) is 9.53 Å². The Morgan fingerprint density at radius 1 is 1.31 bits per heavy atom. The molecule has 3 heteroatoms. The van der Waals surface area contributed by atoms with Gasteiger partial charge in [-0.05, 0) is 25.7 Å². The van der Waals surface area contributed by atoms with Crippen LogP contribution in [0.2, 0.25) is 0 Å². The van der Waals surface area contributed by atoms with Gasteiger partial charge in [0.05, 0.1) is 13.0 Å². The molecule has 0 aromatic rings. The van der Waals surface area contributed by atoms with Gasteiger partial charge in [0.15, 0.2) is 0 Å². The van der Waals surface area contributed by atoms with Gasteiger partial charge in [0.2, 0.25) is 0 Å². The summed E-state index contributed by atoms with van der Waals surface area (Å²) in [4.78, 5) is 11.2. The fraction of sp³-hybridized carbons (Fsp3) is 0.923. The highest BCUT2D eigenvalue weighted by Gasteiger charge is 2.21. The van der Waals surface area contributed by atoms with Crippen molar-refractivity contribution in [1.29, 1.82) is 0 Å². The number of hydrogen-bond donors (Lipinski definition) is 1. The predicted octanol–water partition coefficient (Wildman–Crippen LogP) is 2.35. The van der Waals surface area contributed by atoms with E-state index in [1.54, 1.807) is 0 Å². The maximum Gasteiger partial charge on any atom is 0.309 e. The molecule has 3 nitrogen and oxygen atoms in total. The summed E-state index contributed by atoms with van der Waals surface area (Å²) in [6.07, 6.45) is 6.79. The van der Waals surface area contributed by atoms with Crippen LogP contribution in [0, 0.1) is 11.8 Å². The molecule has 94 valence electrons. The lowest BCUT2D eigenvalue weighted by molar-refractivity contribution is -0.144. The van der Waals surface area contributed by atoms with Crippen LogP contribution < -0.4 is 5.32 Å². The van der Waals surface area contributed by atoms with Crippen molar-refractivity contribution in [3.63, 3.8) is 0 Å². The minimum Gasteiger partial charge on any atom is -0.469 e. The zero-order valence-electron chi connectivity index (χ0n) is 10.8. The molecule has 1 N–H and O–H groups in total. The van der Waals surface area contributed by atoms with Gasteiger partial charge >= 0.3 is 5.97 Å². The van der Waals surface area contributed by atoms with E-state index >= 15 is 0 Å². The van der Waals surface area contributed by atoms with Crippen LogP contribution in [0.3, 0.4) is 0 Å². The zero-order valence-corrected chi connectivity index (χ0v) is 10.8. The maximum absolute atomic E-state index is 11.2. The molecule has 0 aliphatic heterocycles. The Morgan fingerprint density at radius 2 is 1.94 bits per heavy atom. The molecule has 0 spiro atoms. The molecule has 1 rings (SSSR count). The summed E-state index contributed by atoms with van der Waals surface area (Å²) in [5, 5.41) is 3.47. The lowest BCUT2D eigenvalue weighted by Gasteiger charge is -2.29. The number of methoxy groups -OCH3 is 1. The summed E-state index contributed by atoms with van der Waals surface area (Å²) < 4.78 is 4.71. The molecule has 1 aliphatic carbocycles. The zero-order chi connectivity index (χ0) is 12.0. The van der Waals surface area contributed by atoms with Crippen molar-refractivity contribution in [2.24, 2.45) is 11.8 Å². The van der Waals surface area contributed by atoms with Gasteiger partial charge in [0.25, 0.3) is 0 Å². The van der Waals surface area contributed by atoms with Gasteiger partial charge in [0, 0.05) is 12.6 Å². The fourth-order valence-corrected chi connectivity index (χ4v) is 2.45. The van der Waals surface area contributed by atoms with Crippen molar-refractivity contribution in [3.05, 3.63) is 0 Å². The molecular weight excluding hydrogens is 202 g/mol. The molecule has 0 aromatic carbocycles. The Morgan fingerprint density at radius 3 is 2.50 bits per heavy atom. The number of rotatable bonds is 5. The molecule has 16 heavy (non-hydrogen) atoms. The van der Waals surface area contributed by atoms with E-state index in [4.69, 9.17) is 4.74 Å². The van der Waals surface area contributed by atoms with Crippen LogP contribution in [0.25, 0.3) is 0 Å². The van der Waals surface area contributed by atoms with E-state index in [2.05, 4.69) is 12.2 Å². The summed E-state index contributed by atoms with van der Waals surface area (Å²) in [5.74, 6) is 0.623. The molecule has 0 saturated heterocycles. The first kappa shape index (κ1) is 13.5. The standard InChI is InChI=1S/C13H25NO2/c1-10(13(15)16-3)9-14-11(2)12-7-5-4-6-8-12/h10-12,14H,4-9H2,1-3H3. The summed E-state index contributed by atoms with van der Waals surface area (Å²) in [6.45, 7) is 4.87. The second-order valence-corrected chi connectivity index (χ2v) is 5.02. The Bertz CT molecular complexity index is 212. The van der Waals surface area contributed by atoms with Crippen molar-refractivity contribution in [2.75, 3.05) is 13.7 Å². The summed E-state index contributed by atoms with van der Waals surface area (Å²) in [6, 6.07) is 0.521. The monoisotopic (exact) mass is 227 g/mol. The van der Waals surface area contributed by atoms with Crippen molar-refractivity contribution < 1.29 is 9.53 Å². The largest absolute Gasteiger partial charge is 0.469 e. The van der Waals surface area contributed by atoms with Crippen LogP contribution in [0.5, 0.6) is 0 Å². The minimum absolute atomic E-state index is 0.0453. The first-order valence-electron chi connectivity index (χ1n) is 6.46. The number of nitrogens with one attached hydrogen (secondary N) is 1. The van der Waals surface area contributed by atoms with Crippen LogP contribution in [0.4, 0.5) is 0 Å². The predicted molar refractivity (Wildman–Crippen MR) is 65.2 cm³/mol. The van der Waals surface area contributed by atoms with E-state index in [1.165, 1.54) is 39.2 Å². The summed E-state index contributed by atoms with van der Waals surface area (Å²) in [5.41, 5.74) is 0. The molecule has 0 amide bonds. The Balaban J connectivity index is 2.23. The quantitative estimate of drug-likeness (QED) is 0.733. The Kier molecular flexibility index (Phi) is 5.81. The van der Waals surface area contributed by atoms with E-state index in [9.17, 15) is 4.79 Å². The Labute approximate surface area is 98.9 Å². The van der Waals surface area contributed by atoms with Crippen molar-refractivity contribution in [3.8, 4) is 0 Å². The third kappa shape index (κ3) is 4.12. The van der Waals surface area contributed by atoms with Gasteiger partial charge in [-0.25, -0.2) is 0 Å². The molecule has 0 radical (unpaired) electrons. The smallest absolute Gasteiger partial charge is 0.309 e. The van der Waals surface area contributed by atoms with E-state index in [0.29, 0.717) is 6.04 Å². The second-order valence-electron chi connectivity index (χ2n) is 5.02. The van der Waals surface area contributed by atoms with E-state index < -0.39 is 0 Å². The lowest BCUT2D eigenvalue weighted by atomic mass is 9.84. The van der Waals surface area contributed by atoms with E-state index in [0.717, 1.165) is 12.5 Å². The summed E-state index contributed by atoms with van der Waals surface area (Å²) in [7, 11) is 1.45. The van der Waals surface area contributed by atoms with E-state index in [1.807, 2.05) is 6.92 Å². The molecule has 1 aliphatic rings. The average molecular weight is 227 g/mol. The molecule has 1 fully saturated rings. The molecule has 2 atom stereocenters. The normalized spacial score (nSPS) is 21.4. The van der Waals surface area contributed by atoms with Gasteiger partial charge < -0.3 is 10.1 Å². The molecule has 0 aromatic heterocycles. The number of carbonyl (C=O) groups excluding carboxylic acids is 1. The summed E-state index contributed by atoms with van der Waals surface area (Å²) >= 11 is 0. The van der Waals surface area contributed by atoms with Crippen LogP contribution in [0.1, 0.15) is 46.0 Å². The maximum atomic E-state index is 11.2. The van der Waals surface area contributed by atoms with E-state index in [-0.39, 0.29) is 11.9 Å². The van der Waals surface area contributed by atoms with Crippen LogP contribution in [0.15, 0.2) is 0 Å². The molecule has 0 heterocycles. The number of carbonyl (C=O) groups is 1. The number of ether oxygens (including phenoxy) is 1. The highest BCUT2D eigenvalue weighted by molar-refractivity contribution is 5.72. The molecular formula is C13H25NO2. The Hall–Kier alpha value is -0.570. The highest BCUT2D eigenvalue weighted by atomic mass is 16.5. The van der Waals surface area contributed by atoms with Crippen molar-refractivity contribution >= 4 is 5.97 Å². The SMILES string of the molecule is COC(=O)C(C)CNC(C)C1CCCCC1. The third-order valence-electron chi connectivity index (χ3n) is 3.71.